The largest absolute Gasteiger partial charge is 0.327 e. The van der Waals surface area contributed by atoms with Crippen molar-refractivity contribution in [3.05, 3.63) is 58.7 Å². The van der Waals surface area contributed by atoms with Gasteiger partial charge in [-0.3, -0.25) is 4.57 Å². The summed E-state index contributed by atoms with van der Waals surface area (Å²) in [5.74, 6) is -0.830. The lowest BCUT2D eigenvalue weighted by atomic mass is 10.2. The maximum Gasteiger partial charge on any atom is 0.327 e. The Balaban J connectivity index is 1.67. The quantitative estimate of drug-likeness (QED) is 0.667. The second-order valence-corrected chi connectivity index (χ2v) is 6.93. The summed E-state index contributed by atoms with van der Waals surface area (Å²) in [5.41, 5.74) is 0.832. The van der Waals surface area contributed by atoms with E-state index in [-0.39, 0.29) is 18.8 Å². The van der Waals surface area contributed by atoms with E-state index in [2.05, 4.69) is 19.7 Å². The lowest BCUT2D eigenvalue weighted by Gasteiger charge is -2.07. The summed E-state index contributed by atoms with van der Waals surface area (Å²) in [6, 6.07) is 5.39. The topological polar surface area (TPSA) is 110 Å². The summed E-state index contributed by atoms with van der Waals surface area (Å²) in [7, 11) is -3.65. The zero-order chi connectivity index (χ0) is 17.2. The fourth-order valence-electron chi connectivity index (χ4n) is 2.32. The Labute approximate surface area is 136 Å². The summed E-state index contributed by atoms with van der Waals surface area (Å²) in [4.78, 5) is 22.2. The monoisotopic (exact) mass is 351 g/mol. The molecule has 3 rings (SSSR count). The van der Waals surface area contributed by atoms with E-state index < -0.39 is 21.5 Å². The number of rotatable bonds is 6. The number of sulfonamides is 1. The van der Waals surface area contributed by atoms with Crippen LogP contribution in [0, 0.1) is 5.82 Å². The molecule has 8 nitrogen and oxygen atoms in total. The molecular formula is C14H14FN5O3S. The number of halogens is 1. The zero-order valence-corrected chi connectivity index (χ0v) is 13.3. The predicted octanol–water partition coefficient (Wildman–Crippen LogP) is 0.378. The number of imidazole rings is 1. The van der Waals surface area contributed by atoms with Crippen molar-refractivity contribution in [3.63, 3.8) is 0 Å². The zero-order valence-electron chi connectivity index (χ0n) is 12.4. The van der Waals surface area contributed by atoms with Gasteiger partial charge in [0, 0.05) is 13.1 Å². The lowest BCUT2D eigenvalue weighted by Crippen LogP contribution is -2.31. The smallest absolute Gasteiger partial charge is 0.303 e. The maximum atomic E-state index is 13.1. The number of H-pyrrole nitrogens is 1. The van der Waals surface area contributed by atoms with Crippen LogP contribution in [0.2, 0.25) is 0 Å². The number of aromatic nitrogens is 4. The molecule has 0 aliphatic rings. The summed E-state index contributed by atoms with van der Waals surface area (Å²) in [5, 5.41) is 0. The van der Waals surface area contributed by atoms with Gasteiger partial charge in [0.25, 0.3) is 0 Å². The number of fused-ring (bicyclic) bond motifs is 1. The summed E-state index contributed by atoms with van der Waals surface area (Å²) in [6.07, 6.45) is 2.77. The van der Waals surface area contributed by atoms with E-state index in [9.17, 15) is 17.6 Å². The van der Waals surface area contributed by atoms with Crippen molar-refractivity contribution >= 4 is 21.2 Å². The summed E-state index contributed by atoms with van der Waals surface area (Å²) in [6.45, 7) is 0.118. The van der Waals surface area contributed by atoms with Gasteiger partial charge >= 0.3 is 5.69 Å². The fourth-order valence-corrected chi connectivity index (χ4v) is 3.45. The highest BCUT2D eigenvalue weighted by atomic mass is 32.2. The van der Waals surface area contributed by atoms with Gasteiger partial charge in [0.05, 0.1) is 11.9 Å². The van der Waals surface area contributed by atoms with Crippen LogP contribution < -0.4 is 10.4 Å². The van der Waals surface area contributed by atoms with Crippen LogP contribution in [0.3, 0.4) is 0 Å². The first-order valence-electron chi connectivity index (χ1n) is 7.05. The van der Waals surface area contributed by atoms with Gasteiger partial charge in [-0.1, -0.05) is 12.1 Å². The molecule has 10 heteroatoms. The van der Waals surface area contributed by atoms with Crippen LogP contribution in [-0.2, 0) is 22.3 Å². The number of hydrogen-bond donors (Lipinski definition) is 2. The van der Waals surface area contributed by atoms with Gasteiger partial charge in [-0.15, -0.1) is 0 Å². The molecule has 0 unspecified atom stereocenters. The molecule has 2 aromatic heterocycles. The molecule has 3 aromatic rings. The third-order valence-electron chi connectivity index (χ3n) is 3.34. The van der Waals surface area contributed by atoms with Crippen LogP contribution in [0.5, 0.6) is 0 Å². The van der Waals surface area contributed by atoms with Gasteiger partial charge in [0.1, 0.15) is 17.7 Å². The molecule has 0 amide bonds. The van der Waals surface area contributed by atoms with Crippen molar-refractivity contribution < 1.29 is 12.8 Å². The minimum absolute atomic E-state index is 0.00844. The number of nitrogens with zero attached hydrogens (tertiary/aromatic N) is 3. The highest BCUT2D eigenvalue weighted by Crippen LogP contribution is 2.07. The fraction of sp³-hybridized carbons (Fsp3) is 0.214. The third kappa shape index (κ3) is 3.66. The van der Waals surface area contributed by atoms with Gasteiger partial charge in [-0.2, -0.15) is 0 Å². The van der Waals surface area contributed by atoms with Crippen molar-refractivity contribution in [3.8, 4) is 0 Å². The predicted molar refractivity (Wildman–Crippen MR) is 85.2 cm³/mol. The van der Waals surface area contributed by atoms with Gasteiger partial charge in [0.2, 0.25) is 10.0 Å². The van der Waals surface area contributed by atoms with Crippen LogP contribution in [0.15, 0.2) is 41.6 Å². The second kappa shape index (κ2) is 6.49. The summed E-state index contributed by atoms with van der Waals surface area (Å²) >= 11 is 0. The first-order valence-corrected chi connectivity index (χ1v) is 8.70. The van der Waals surface area contributed by atoms with Crippen molar-refractivity contribution in [1.82, 2.24) is 24.2 Å². The van der Waals surface area contributed by atoms with Crippen molar-refractivity contribution in [2.24, 2.45) is 0 Å². The molecule has 0 saturated carbocycles. The van der Waals surface area contributed by atoms with E-state index in [0.29, 0.717) is 16.7 Å². The molecule has 0 saturated heterocycles. The van der Waals surface area contributed by atoms with Gasteiger partial charge in [-0.05, 0) is 17.7 Å². The average Bonchev–Trinajstić information content (AvgIpc) is 2.83. The first kappa shape index (κ1) is 16.3. The van der Waals surface area contributed by atoms with Crippen molar-refractivity contribution in [1.29, 1.82) is 0 Å². The van der Waals surface area contributed by atoms with E-state index in [4.69, 9.17) is 0 Å². The Morgan fingerprint density at radius 1 is 1.33 bits per heavy atom. The van der Waals surface area contributed by atoms with E-state index in [0.717, 1.165) is 0 Å². The first-order chi connectivity index (χ1) is 11.4. The normalized spacial score (nSPS) is 11.9. The molecular weight excluding hydrogens is 337 g/mol. The Hall–Kier alpha value is -2.59. The highest BCUT2D eigenvalue weighted by molar-refractivity contribution is 7.88. The molecule has 2 N–H and O–H groups in total. The third-order valence-corrected chi connectivity index (χ3v) is 4.69. The average molecular weight is 351 g/mol. The minimum Gasteiger partial charge on any atom is -0.303 e. The summed E-state index contributed by atoms with van der Waals surface area (Å²) < 4.78 is 40.9. The highest BCUT2D eigenvalue weighted by Gasteiger charge is 2.13. The SMILES string of the molecule is O=c1[nH]c2cncnc2n1CCNS(=O)(=O)Cc1cccc(F)c1. The Morgan fingerprint density at radius 2 is 2.17 bits per heavy atom. The Bertz CT molecular complexity index is 1030. The number of aromatic amines is 1. The molecule has 0 radical (unpaired) electrons. The van der Waals surface area contributed by atoms with Gasteiger partial charge in [-0.25, -0.2) is 32.3 Å². The van der Waals surface area contributed by atoms with Crippen LogP contribution in [0.4, 0.5) is 4.39 Å². The molecule has 1 aromatic carbocycles. The molecule has 2 heterocycles. The van der Waals surface area contributed by atoms with Crippen LogP contribution in [0.25, 0.3) is 11.2 Å². The molecule has 0 aliphatic carbocycles. The Morgan fingerprint density at radius 3 is 2.96 bits per heavy atom. The Kier molecular flexibility index (Phi) is 4.40. The van der Waals surface area contributed by atoms with E-state index >= 15 is 0 Å². The van der Waals surface area contributed by atoms with E-state index in [1.54, 1.807) is 0 Å². The molecule has 24 heavy (non-hydrogen) atoms. The van der Waals surface area contributed by atoms with Crippen LogP contribution in [-0.4, -0.2) is 34.5 Å². The number of hydrogen-bond acceptors (Lipinski definition) is 5. The van der Waals surface area contributed by atoms with Crippen molar-refractivity contribution in [2.45, 2.75) is 12.3 Å². The molecule has 126 valence electrons. The number of nitrogens with one attached hydrogen (secondary N) is 2. The minimum atomic E-state index is -3.65. The molecule has 0 atom stereocenters. The molecule has 0 bridgehead atoms. The van der Waals surface area contributed by atoms with Gasteiger partial charge in [0.15, 0.2) is 5.65 Å². The van der Waals surface area contributed by atoms with Crippen LogP contribution >= 0.6 is 0 Å². The van der Waals surface area contributed by atoms with Gasteiger partial charge < -0.3 is 4.98 Å². The lowest BCUT2D eigenvalue weighted by molar-refractivity contribution is 0.571. The van der Waals surface area contributed by atoms with E-state index in [1.807, 2.05) is 0 Å². The number of benzene rings is 1. The standard InChI is InChI=1S/C14H14FN5O3S/c15-11-3-1-2-10(6-11)8-24(22,23)18-4-5-20-13-12(19-14(20)21)7-16-9-17-13/h1-3,6-7,9,18H,4-5,8H2,(H,19,21). The van der Waals surface area contributed by atoms with Crippen molar-refractivity contribution in [2.75, 3.05) is 6.54 Å². The molecule has 0 spiro atoms. The maximum absolute atomic E-state index is 13.1. The second-order valence-electron chi connectivity index (χ2n) is 5.13. The molecule has 0 fully saturated rings. The van der Waals surface area contributed by atoms with E-state index in [1.165, 1.54) is 41.4 Å². The molecule has 0 aliphatic heterocycles. The van der Waals surface area contributed by atoms with Crippen LogP contribution in [0.1, 0.15) is 5.56 Å².